The number of hydrogen-bond donors (Lipinski definition) is 2. The summed E-state index contributed by atoms with van der Waals surface area (Å²) in [5.74, 6) is -0.398. The summed E-state index contributed by atoms with van der Waals surface area (Å²) >= 11 is 0. The van der Waals surface area contributed by atoms with Gasteiger partial charge in [0.25, 0.3) is 0 Å². The molecule has 0 spiro atoms. The van der Waals surface area contributed by atoms with Gasteiger partial charge in [-0.3, -0.25) is 0 Å². The average Bonchev–Trinajstić information content (AvgIpc) is 2.53. The lowest BCUT2D eigenvalue weighted by Crippen LogP contribution is -2.25. The molecule has 1 aliphatic carbocycles. The van der Waals surface area contributed by atoms with Crippen molar-refractivity contribution in [2.75, 3.05) is 0 Å². The fraction of sp³-hybridized carbons (Fsp3) is 0.429. The number of rotatable bonds is 4. The highest BCUT2D eigenvalue weighted by Gasteiger charge is 2.31. The van der Waals surface area contributed by atoms with Crippen LogP contribution >= 0.6 is 0 Å². The highest BCUT2D eigenvalue weighted by atomic mass is 19.4. The van der Waals surface area contributed by atoms with Crippen LogP contribution in [0, 0.1) is 11.3 Å². The molecular weight excluding hydrogens is 255 g/mol. The monoisotopic (exact) mass is 271 g/mol. The third kappa shape index (κ3) is 3.94. The molecule has 2 atom stereocenters. The molecule has 19 heavy (non-hydrogen) atoms. The van der Waals surface area contributed by atoms with Gasteiger partial charge in [-0.15, -0.1) is 5.73 Å². The Kier molecular flexibility index (Phi) is 4.92. The zero-order chi connectivity index (χ0) is 14.6. The Bertz CT molecular complexity index is 477. The highest BCUT2D eigenvalue weighted by Crippen LogP contribution is 2.28. The van der Waals surface area contributed by atoms with Crippen molar-refractivity contribution in [1.29, 1.82) is 5.41 Å². The molecule has 104 valence electrons. The second-order valence-electron chi connectivity index (χ2n) is 4.37. The van der Waals surface area contributed by atoms with Crippen molar-refractivity contribution in [1.82, 2.24) is 0 Å². The number of hydrogen-bond acceptors (Lipinski definition) is 2. The summed E-state index contributed by atoms with van der Waals surface area (Å²) in [6.45, 7) is 3.39. The van der Waals surface area contributed by atoms with E-state index in [0.717, 1.165) is 12.2 Å². The van der Waals surface area contributed by atoms with Gasteiger partial charge in [0.15, 0.2) is 0 Å². The van der Waals surface area contributed by atoms with E-state index in [1.807, 2.05) is 6.92 Å². The molecule has 2 nitrogen and oxygen atoms in total. The summed E-state index contributed by atoms with van der Waals surface area (Å²) in [6.07, 6.45) is -0.250. The van der Waals surface area contributed by atoms with E-state index < -0.39 is 23.8 Å². The van der Waals surface area contributed by atoms with Crippen LogP contribution in [0.1, 0.15) is 20.3 Å². The van der Waals surface area contributed by atoms with Crippen LogP contribution < -0.4 is 0 Å². The minimum Gasteiger partial charge on any atom is -0.393 e. The van der Waals surface area contributed by atoms with E-state index in [2.05, 4.69) is 5.73 Å². The molecule has 0 radical (unpaired) electrons. The van der Waals surface area contributed by atoms with E-state index in [1.54, 1.807) is 6.92 Å². The Hall–Kier alpha value is -1.58. The molecule has 2 N–H and O–H groups in total. The minimum atomic E-state index is -4.43. The lowest BCUT2D eigenvalue weighted by atomic mass is 9.90. The average molecular weight is 271 g/mol. The van der Waals surface area contributed by atoms with Crippen molar-refractivity contribution in [3.63, 3.8) is 0 Å². The van der Waals surface area contributed by atoms with Gasteiger partial charge in [-0.1, -0.05) is 13.0 Å². The van der Waals surface area contributed by atoms with Crippen LogP contribution in [0.15, 0.2) is 41.2 Å². The number of aliphatic hydroxyl groups excluding tert-OH is 1. The van der Waals surface area contributed by atoms with E-state index >= 15 is 0 Å². The van der Waals surface area contributed by atoms with Gasteiger partial charge in [0.05, 0.1) is 11.7 Å². The van der Waals surface area contributed by atoms with Gasteiger partial charge < -0.3 is 10.5 Å². The summed E-state index contributed by atoms with van der Waals surface area (Å²) in [5.41, 5.74) is 2.07. The van der Waals surface area contributed by atoms with Crippen molar-refractivity contribution in [3.8, 4) is 0 Å². The smallest absolute Gasteiger partial charge is 0.393 e. The molecule has 0 amide bonds. The van der Waals surface area contributed by atoms with Crippen molar-refractivity contribution >= 4 is 5.71 Å². The van der Waals surface area contributed by atoms with Crippen molar-refractivity contribution < 1.29 is 18.3 Å². The number of halogens is 3. The number of aliphatic hydroxyl groups is 1. The van der Waals surface area contributed by atoms with Gasteiger partial charge in [-0.25, -0.2) is 0 Å². The van der Waals surface area contributed by atoms with Crippen molar-refractivity contribution in [2.24, 2.45) is 5.92 Å². The van der Waals surface area contributed by atoms with E-state index in [0.29, 0.717) is 12.0 Å². The Morgan fingerprint density at radius 2 is 2.00 bits per heavy atom. The molecule has 1 rings (SSSR count). The van der Waals surface area contributed by atoms with Crippen LogP contribution in [0.4, 0.5) is 13.2 Å². The van der Waals surface area contributed by atoms with Crippen molar-refractivity contribution in [3.05, 3.63) is 41.2 Å². The predicted octanol–water partition coefficient (Wildman–Crippen LogP) is 3.55. The second-order valence-corrected chi connectivity index (χ2v) is 4.37. The van der Waals surface area contributed by atoms with Crippen LogP contribution in [-0.2, 0) is 0 Å². The van der Waals surface area contributed by atoms with E-state index in [1.165, 1.54) is 12.2 Å². The molecule has 0 aliphatic heterocycles. The molecule has 1 aliphatic rings. The van der Waals surface area contributed by atoms with E-state index in [4.69, 9.17) is 5.41 Å². The van der Waals surface area contributed by atoms with Crippen LogP contribution in [0.5, 0.6) is 0 Å². The predicted molar refractivity (Wildman–Crippen MR) is 68.1 cm³/mol. The maximum Gasteiger partial charge on any atom is 0.417 e. The number of allylic oxidation sites excluding steroid dienone is 5. The minimum absolute atomic E-state index is 0.123. The molecule has 0 aromatic heterocycles. The molecule has 0 unspecified atom stereocenters. The van der Waals surface area contributed by atoms with Crippen LogP contribution in [-0.4, -0.2) is 23.1 Å². The first kappa shape index (κ1) is 15.5. The van der Waals surface area contributed by atoms with Gasteiger partial charge in [0.2, 0.25) is 0 Å². The van der Waals surface area contributed by atoms with Crippen LogP contribution in [0.3, 0.4) is 0 Å². The fourth-order valence-electron chi connectivity index (χ4n) is 1.84. The molecule has 0 saturated carbocycles. The molecule has 0 fully saturated rings. The Balaban J connectivity index is 3.05. The normalized spacial score (nSPS) is 18.4. The summed E-state index contributed by atoms with van der Waals surface area (Å²) < 4.78 is 37.6. The SMILES string of the molecule is CC[C@@H](C(=N)C1=CC=C(C(F)(F)F)C=C=C1)[C@H](C)O. The van der Waals surface area contributed by atoms with E-state index in [9.17, 15) is 18.3 Å². The second kappa shape index (κ2) is 6.04. The Morgan fingerprint density at radius 3 is 2.47 bits per heavy atom. The Morgan fingerprint density at radius 1 is 1.37 bits per heavy atom. The summed E-state index contributed by atoms with van der Waals surface area (Å²) in [7, 11) is 0. The van der Waals surface area contributed by atoms with Crippen LogP contribution in [0.2, 0.25) is 0 Å². The number of alkyl halides is 3. The topological polar surface area (TPSA) is 44.1 Å². The largest absolute Gasteiger partial charge is 0.417 e. The zero-order valence-electron chi connectivity index (χ0n) is 10.8. The molecular formula is C14H16F3NO. The first-order valence-electron chi connectivity index (χ1n) is 5.96. The fourth-order valence-corrected chi connectivity index (χ4v) is 1.84. The van der Waals surface area contributed by atoms with E-state index in [-0.39, 0.29) is 5.71 Å². The maximum absolute atomic E-state index is 12.5. The van der Waals surface area contributed by atoms with Gasteiger partial charge in [-0.05, 0) is 31.6 Å². The standard InChI is InChI=1S/C14H16F3NO/c1-3-12(9(2)19)13(18)10-5-4-6-11(8-7-10)14(15,16)17/h5-9,12,18-19H,3H2,1-2H3/t9-,12+/m0/s1. The lowest BCUT2D eigenvalue weighted by Gasteiger charge is -2.19. The molecule has 5 heteroatoms. The molecule has 0 aromatic rings. The van der Waals surface area contributed by atoms with Gasteiger partial charge in [-0.2, -0.15) is 13.2 Å². The van der Waals surface area contributed by atoms with Gasteiger partial charge >= 0.3 is 6.18 Å². The zero-order valence-corrected chi connectivity index (χ0v) is 10.8. The van der Waals surface area contributed by atoms with Gasteiger partial charge in [0.1, 0.15) is 0 Å². The molecule has 0 saturated heterocycles. The summed E-state index contributed by atoms with van der Waals surface area (Å²) in [5, 5.41) is 17.5. The first-order valence-corrected chi connectivity index (χ1v) is 5.96. The first-order chi connectivity index (χ1) is 8.77. The highest BCUT2D eigenvalue weighted by molar-refractivity contribution is 6.02. The lowest BCUT2D eigenvalue weighted by molar-refractivity contribution is -0.0881. The molecule has 0 aromatic carbocycles. The molecule has 0 bridgehead atoms. The Labute approximate surface area is 110 Å². The molecule has 0 heterocycles. The summed E-state index contributed by atoms with van der Waals surface area (Å²) in [4.78, 5) is 0. The maximum atomic E-state index is 12.5. The third-order valence-corrected chi connectivity index (χ3v) is 2.95. The quantitative estimate of drug-likeness (QED) is 0.596. The number of nitrogens with one attached hydrogen (secondary N) is 1. The third-order valence-electron chi connectivity index (χ3n) is 2.95. The van der Waals surface area contributed by atoms with Gasteiger partial charge in [0, 0.05) is 17.2 Å². The van der Waals surface area contributed by atoms with Crippen molar-refractivity contribution in [2.45, 2.75) is 32.5 Å². The van der Waals surface area contributed by atoms with Crippen LogP contribution in [0.25, 0.3) is 0 Å². The summed E-state index contributed by atoms with van der Waals surface area (Å²) in [6, 6.07) is 0.